The van der Waals surface area contributed by atoms with E-state index in [2.05, 4.69) is 0 Å². The molecule has 0 atom stereocenters. The summed E-state index contributed by atoms with van der Waals surface area (Å²) in [4.78, 5) is 14.7. The van der Waals surface area contributed by atoms with Crippen LogP contribution in [0.4, 0.5) is 0 Å². The van der Waals surface area contributed by atoms with Crippen molar-refractivity contribution in [2.45, 2.75) is 25.3 Å². The van der Waals surface area contributed by atoms with Crippen molar-refractivity contribution >= 4 is 27.3 Å². The van der Waals surface area contributed by atoms with Gasteiger partial charge in [0, 0.05) is 18.0 Å². The molecule has 0 unspecified atom stereocenters. The van der Waals surface area contributed by atoms with Gasteiger partial charge in [0.1, 0.15) is 10.7 Å². The Morgan fingerprint density at radius 3 is 2.57 bits per heavy atom. The minimum Gasteiger partial charge on any atom is -0.455 e. The highest BCUT2D eigenvalue weighted by molar-refractivity contribution is 7.89. The van der Waals surface area contributed by atoms with Gasteiger partial charge in [-0.3, -0.25) is 4.79 Å². The van der Waals surface area contributed by atoms with Crippen LogP contribution in [-0.2, 0) is 16.6 Å². The van der Waals surface area contributed by atoms with E-state index in [9.17, 15) is 13.2 Å². The highest BCUT2D eigenvalue weighted by atomic mass is 32.2. The Labute approximate surface area is 127 Å². The van der Waals surface area contributed by atoms with Gasteiger partial charge >= 0.3 is 0 Å². The molecule has 8 heteroatoms. The first kappa shape index (κ1) is 15.7. The van der Waals surface area contributed by atoms with Crippen molar-refractivity contribution in [2.24, 2.45) is 5.14 Å². The van der Waals surface area contributed by atoms with E-state index in [0.717, 1.165) is 10.4 Å². The van der Waals surface area contributed by atoms with Gasteiger partial charge in [-0.05, 0) is 30.9 Å². The summed E-state index contributed by atoms with van der Waals surface area (Å²) in [7, 11) is -2.26. The molecule has 0 spiro atoms. The third kappa shape index (κ3) is 3.34. The van der Waals surface area contributed by atoms with Crippen molar-refractivity contribution in [3.05, 3.63) is 39.5 Å². The van der Waals surface area contributed by atoms with Crippen LogP contribution in [-0.4, -0.2) is 26.3 Å². The summed E-state index contributed by atoms with van der Waals surface area (Å²) in [5.41, 5.74) is 1.11. The van der Waals surface area contributed by atoms with Crippen LogP contribution in [0, 0.1) is 13.8 Å². The minimum atomic E-state index is -3.89. The fraction of sp³-hybridized carbons (Fsp3) is 0.308. The van der Waals surface area contributed by atoms with Crippen LogP contribution in [0.25, 0.3) is 0 Å². The van der Waals surface area contributed by atoms with Crippen LogP contribution in [0.2, 0.25) is 0 Å². The molecule has 21 heavy (non-hydrogen) atoms. The number of nitrogens with two attached hydrogens (primary N) is 1. The normalized spacial score (nSPS) is 11.6. The van der Waals surface area contributed by atoms with Gasteiger partial charge in [0.15, 0.2) is 5.76 Å². The van der Waals surface area contributed by atoms with E-state index in [4.69, 9.17) is 9.56 Å². The average molecular weight is 328 g/mol. The molecule has 0 saturated heterocycles. The molecule has 2 aromatic rings. The number of thiophene rings is 1. The zero-order chi connectivity index (χ0) is 15.8. The van der Waals surface area contributed by atoms with Crippen molar-refractivity contribution in [2.75, 3.05) is 7.05 Å². The van der Waals surface area contributed by atoms with Gasteiger partial charge in [0.25, 0.3) is 5.91 Å². The molecule has 0 radical (unpaired) electrons. The number of hydrogen-bond acceptors (Lipinski definition) is 5. The van der Waals surface area contributed by atoms with Crippen LogP contribution >= 0.6 is 11.3 Å². The minimum absolute atomic E-state index is 0.0340. The second-order valence-corrected chi connectivity index (χ2v) is 7.29. The molecule has 114 valence electrons. The van der Waals surface area contributed by atoms with Gasteiger partial charge in [-0.25, -0.2) is 13.6 Å². The van der Waals surface area contributed by atoms with E-state index in [1.807, 2.05) is 18.4 Å². The van der Waals surface area contributed by atoms with Crippen LogP contribution in [0.5, 0.6) is 0 Å². The molecule has 0 aromatic carbocycles. The first-order valence-electron chi connectivity index (χ1n) is 6.12. The molecular formula is C13H16N2O4S2. The summed E-state index contributed by atoms with van der Waals surface area (Å²) in [5, 5.41) is 7.02. The van der Waals surface area contributed by atoms with Crippen LogP contribution in [0.3, 0.4) is 0 Å². The molecule has 0 saturated carbocycles. The van der Waals surface area contributed by atoms with E-state index in [0.29, 0.717) is 6.54 Å². The Balaban J connectivity index is 2.22. The topological polar surface area (TPSA) is 93.6 Å². The zero-order valence-corrected chi connectivity index (χ0v) is 13.5. The van der Waals surface area contributed by atoms with Crippen molar-refractivity contribution < 1.29 is 17.6 Å². The molecule has 0 aliphatic rings. The lowest BCUT2D eigenvalue weighted by molar-refractivity contribution is 0.0753. The summed E-state index contributed by atoms with van der Waals surface area (Å²) in [6, 6.07) is 3.15. The Morgan fingerprint density at radius 2 is 2.10 bits per heavy atom. The lowest BCUT2D eigenvalue weighted by atomic mass is 10.3. The van der Waals surface area contributed by atoms with Gasteiger partial charge in [0.2, 0.25) is 10.0 Å². The van der Waals surface area contributed by atoms with E-state index < -0.39 is 10.0 Å². The zero-order valence-electron chi connectivity index (χ0n) is 11.9. The molecule has 6 nitrogen and oxygen atoms in total. The number of carbonyl (C=O) groups excluding carboxylic acids is 1. The van der Waals surface area contributed by atoms with Gasteiger partial charge in [-0.2, -0.15) is 0 Å². The maximum Gasteiger partial charge on any atom is 0.289 e. The van der Waals surface area contributed by atoms with Crippen molar-refractivity contribution in [3.63, 3.8) is 0 Å². The first-order valence-corrected chi connectivity index (χ1v) is 8.54. The predicted octanol–water partition coefficient (Wildman–Crippen LogP) is 1.88. The van der Waals surface area contributed by atoms with E-state index in [-0.39, 0.29) is 22.3 Å². The largest absolute Gasteiger partial charge is 0.455 e. The quantitative estimate of drug-likeness (QED) is 0.927. The average Bonchev–Trinajstić information content (AvgIpc) is 2.95. The lowest BCUT2D eigenvalue weighted by Gasteiger charge is -2.15. The lowest BCUT2D eigenvalue weighted by Crippen LogP contribution is -2.25. The summed E-state index contributed by atoms with van der Waals surface area (Å²) in [6.45, 7) is 3.87. The first-order chi connectivity index (χ1) is 9.70. The second-order valence-electron chi connectivity index (χ2n) is 4.76. The van der Waals surface area contributed by atoms with Crippen molar-refractivity contribution in [1.29, 1.82) is 0 Å². The van der Waals surface area contributed by atoms with E-state index in [1.165, 1.54) is 17.9 Å². The Hall–Kier alpha value is -1.64. The number of primary sulfonamides is 1. The molecule has 0 aliphatic heterocycles. The summed E-state index contributed by atoms with van der Waals surface area (Å²) >= 11 is 1.56. The summed E-state index contributed by atoms with van der Waals surface area (Å²) in [5.74, 6) is -0.310. The molecule has 0 bridgehead atoms. The highest BCUT2D eigenvalue weighted by Gasteiger charge is 2.23. The number of hydrogen-bond donors (Lipinski definition) is 1. The van der Waals surface area contributed by atoms with Crippen LogP contribution in [0.1, 0.15) is 26.8 Å². The van der Waals surface area contributed by atoms with Crippen LogP contribution in [0.15, 0.2) is 26.8 Å². The van der Waals surface area contributed by atoms with Crippen molar-refractivity contribution in [1.82, 2.24) is 4.90 Å². The number of aryl methyl sites for hydroxylation is 2. The molecule has 1 amide bonds. The third-order valence-corrected chi connectivity index (χ3v) is 5.11. The molecule has 0 fully saturated rings. The monoisotopic (exact) mass is 328 g/mol. The Kier molecular flexibility index (Phi) is 4.22. The highest BCUT2D eigenvalue weighted by Crippen LogP contribution is 2.22. The predicted molar refractivity (Wildman–Crippen MR) is 79.7 cm³/mol. The van der Waals surface area contributed by atoms with Crippen LogP contribution < -0.4 is 5.14 Å². The smallest absolute Gasteiger partial charge is 0.289 e. The number of nitrogens with zero attached hydrogens (tertiary/aromatic N) is 1. The van der Waals surface area contributed by atoms with Gasteiger partial charge < -0.3 is 9.32 Å². The maximum atomic E-state index is 12.3. The molecule has 2 N–H and O–H groups in total. The SMILES string of the molecule is Cc1ccsc1CN(C)C(=O)c1cc(S(N)(=O)=O)c(C)o1. The number of furan rings is 1. The summed E-state index contributed by atoms with van der Waals surface area (Å²) < 4.78 is 27.9. The molecular weight excluding hydrogens is 312 g/mol. The third-order valence-electron chi connectivity index (χ3n) is 3.09. The Morgan fingerprint density at radius 1 is 1.43 bits per heavy atom. The molecule has 2 heterocycles. The maximum absolute atomic E-state index is 12.3. The molecule has 0 aliphatic carbocycles. The standard InChI is InChI=1S/C13H16N2O4S2/c1-8-4-5-20-11(8)7-15(3)13(16)10-6-12(9(2)19-10)21(14,17)18/h4-6H,7H2,1-3H3,(H2,14,17,18). The number of rotatable bonds is 4. The number of carbonyl (C=O) groups is 1. The Bertz CT molecular complexity index is 774. The molecule has 2 rings (SSSR count). The van der Waals surface area contributed by atoms with E-state index in [1.54, 1.807) is 18.4 Å². The summed E-state index contributed by atoms with van der Waals surface area (Å²) in [6.07, 6.45) is 0. The number of amides is 1. The fourth-order valence-corrected chi connectivity index (χ4v) is 3.57. The fourth-order valence-electron chi connectivity index (χ4n) is 1.89. The van der Waals surface area contributed by atoms with Crippen molar-refractivity contribution in [3.8, 4) is 0 Å². The van der Waals surface area contributed by atoms with E-state index >= 15 is 0 Å². The second kappa shape index (κ2) is 5.63. The van der Waals surface area contributed by atoms with Gasteiger partial charge in [-0.15, -0.1) is 11.3 Å². The number of sulfonamides is 1. The van der Waals surface area contributed by atoms with Gasteiger partial charge in [0.05, 0.1) is 6.54 Å². The van der Waals surface area contributed by atoms with Gasteiger partial charge in [-0.1, -0.05) is 0 Å². The molecule has 2 aromatic heterocycles.